The summed E-state index contributed by atoms with van der Waals surface area (Å²) in [5.74, 6) is 0.209. The topological polar surface area (TPSA) is 41.9 Å². The number of β-amino-alcohol motifs (C(OH)–C–C–N with tert-alkyl or cyclic N) is 1. The maximum Gasteiger partial charge on any atom is 0.193 e. The van der Waals surface area contributed by atoms with Gasteiger partial charge in [-0.1, -0.05) is 19.8 Å². The van der Waals surface area contributed by atoms with E-state index in [9.17, 15) is 5.11 Å². The Morgan fingerprint density at radius 2 is 1.94 bits per heavy atom. The number of likely N-dealkylation sites (tertiary alicyclic amines) is 1. The van der Waals surface area contributed by atoms with Crippen LogP contribution in [0.5, 0.6) is 0 Å². The maximum atomic E-state index is 10.6. The third kappa shape index (κ3) is 2.81. The largest absolute Gasteiger partial charge is 0.389 e. The fourth-order valence-electron chi connectivity index (χ4n) is 3.28. The fraction of sp³-hybridized carbons (Fsp3) is 1.00. The Morgan fingerprint density at radius 3 is 2.47 bits per heavy atom. The van der Waals surface area contributed by atoms with Crippen molar-refractivity contribution in [3.8, 4) is 0 Å². The summed E-state index contributed by atoms with van der Waals surface area (Å²) in [5, 5.41) is 10.6. The van der Waals surface area contributed by atoms with Crippen molar-refractivity contribution in [3.05, 3.63) is 0 Å². The van der Waals surface area contributed by atoms with Crippen molar-refractivity contribution in [2.75, 3.05) is 33.9 Å². The van der Waals surface area contributed by atoms with Gasteiger partial charge in [0.1, 0.15) is 0 Å². The molecule has 100 valence electrons. The lowest BCUT2D eigenvalue weighted by Gasteiger charge is -2.50. The average molecular weight is 243 g/mol. The minimum absolute atomic E-state index is 0.434. The van der Waals surface area contributed by atoms with E-state index in [2.05, 4.69) is 11.8 Å². The molecular weight excluding hydrogens is 218 g/mol. The second-order valence-electron chi connectivity index (χ2n) is 5.89. The molecule has 2 aliphatic rings. The molecule has 4 heteroatoms. The van der Waals surface area contributed by atoms with Crippen molar-refractivity contribution < 1.29 is 14.6 Å². The molecule has 1 saturated carbocycles. The molecule has 1 saturated heterocycles. The van der Waals surface area contributed by atoms with Crippen LogP contribution in [-0.4, -0.2) is 55.2 Å². The van der Waals surface area contributed by atoms with Gasteiger partial charge < -0.3 is 14.6 Å². The van der Waals surface area contributed by atoms with Gasteiger partial charge in [-0.2, -0.15) is 0 Å². The van der Waals surface area contributed by atoms with Crippen LogP contribution >= 0.6 is 0 Å². The fourth-order valence-corrected chi connectivity index (χ4v) is 3.28. The number of rotatable bonds is 4. The summed E-state index contributed by atoms with van der Waals surface area (Å²) in [5.41, 5.74) is -0.495. The first-order valence-electron chi connectivity index (χ1n) is 6.56. The van der Waals surface area contributed by atoms with Gasteiger partial charge in [0.05, 0.1) is 18.7 Å². The zero-order chi connectivity index (χ0) is 12.5. The van der Waals surface area contributed by atoms with E-state index >= 15 is 0 Å². The molecule has 0 aromatic carbocycles. The van der Waals surface area contributed by atoms with Gasteiger partial charge in [0, 0.05) is 20.8 Å². The summed E-state index contributed by atoms with van der Waals surface area (Å²) in [4.78, 5) is 2.23. The first-order chi connectivity index (χ1) is 8.01. The van der Waals surface area contributed by atoms with Crippen molar-refractivity contribution in [1.82, 2.24) is 4.90 Å². The van der Waals surface area contributed by atoms with E-state index in [0.717, 1.165) is 38.9 Å². The highest BCUT2D eigenvalue weighted by Crippen LogP contribution is 2.35. The molecule has 1 aliphatic carbocycles. The molecule has 0 amide bonds. The molecule has 0 aromatic heterocycles. The van der Waals surface area contributed by atoms with E-state index in [1.165, 1.54) is 6.42 Å². The standard InChI is InChI=1S/C13H25NO3/c1-11-5-4-6-12(15,7-11)8-14-9-13(10-14,16-2)17-3/h11,15H,4-10H2,1-3H3. The maximum absolute atomic E-state index is 10.6. The van der Waals surface area contributed by atoms with Gasteiger partial charge >= 0.3 is 0 Å². The highest BCUT2D eigenvalue weighted by atomic mass is 16.7. The third-order valence-electron chi connectivity index (χ3n) is 4.26. The van der Waals surface area contributed by atoms with Gasteiger partial charge in [-0.15, -0.1) is 0 Å². The zero-order valence-electron chi connectivity index (χ0n) is 11.2. The third-order valence-corrected chi connectivity index (χ3v) is 4.26. The number of hydrogen-bond donors (Lipinski definition) is 1. The molecule has 0 spiro atoms. The molecular formula is C13H25NO3. The summed E-state index contributed by atoms with van der Waals surface area (Å²) in [6.07, 6.45) is 4.25. The van der Waals surface area contributed by atoms with Gasteiger partial charge in [0.15, 0.2) is 5.79 Å². The van der Waals surface area contributed by atoms with E-state index in [1.54, 1.807) is 14.2 Å². The Labute approximate surface area is 104 Å². The lowest BCUT2D eigenvalue weighted by atomic mass is 9.78. The van der Waals surface area contributed by atoms with Crippen LogP contribution in [-0.2, 0) is 9.47 Å². The molecule has 4 nitrogen and oxygen atoms in total. The average Bonchev–Trinajstić information content (AvgIpc) is 2.22. The van der Waals surface area contributed by atoms with Gasteiger partial charge in [-0.05, 0) is 18.8 Å². The minimum Gasteiger partial charge on any atom is -0.389 e. The van der Waals surface area contributed by atoms with Crippen LogP contribution < -0.4 is 0 Å². The molecule has 1 N–H and O–H groups in total. The molecule has 2 unspecified atom stereocenters. The van der Waals surface area contributed by atoms with Gasteiger partial charge in [-0.3, -0.25) is 4.90 Å². The lowest BCUT2D eigenvalue weighted by Crippen LogP contribution is -2.66. The van der Waals surface area contributed by atoms with Crippen molar-refractivity contribution in [2.45, 2.75) is 44.0 Å². The molecule has 17 heavy (non-hydrogen) atoms. The van der Waals surface area contributed by atoms with Gasteiger partial charge in [-0.25, -0.2) is 0 Å². The van der Waals surface area contributed by atoms with Crippen molar-refractivity contribution in [1.29, 1.82) is 0 Å². The Balaban J connectivity index is 1.83. The summed E-state index contributed by atoms with van der Waals surface area (Å²) in [6, 6.07) is 0. The van der Waals surface area contributed by atoms with E-state index in [4.69, 9.17) is 9.47 Å². The summed E-state index contributed by atoms with van der Waals surface area (Å²) >= 11 is 0. The first kappa shape index (κ1) is 13.3. The van der Waals surface area contributed by atoms with Crippen LogP contribution in [0.25, 0.3) is 0 Å². The molecule has 2 rings (SSSR count). The summed E-state index contributed by atoms with van der Waals surface area (Å²) in [7, 11) is 3.36. The predicted molar refractivity (Wildman–Crippen MR) is 65.8 cm³/mol. The van der Waals surface area contributed by atoms with Crippen LogP contribution in [0.2, 0.25) is 0 Å². The van der Waals surface area contributed by atoms with Gasteiger partial charge in [0.2, 0.25) is 0 Å². The van der Waals surface area contributed by atoms with E-state index in [1.807, 2.05) is 0 Å². The number of methoxy groups -OCH3 is 2. The summed E-state index contributed by atoms with van der Waals surface area (Å²) in [6.45, 7) is 4.51. The highest BCUT2D eigenvalue weighted by Gasteiger charge is 2.46. The van der Waals surface area contributed by atoms with Crippen molar-refractivity contribution >= 4 is 0 Å². The van der Waals surface area contributed by atoms with E-state index in [0.29, 0.717) is 5.92 Å². The van der Waals surface area contributed by atoms with Crippen molar-refractivity contribution in [2.24, 2.45) is 5.92 Å². The molecule has 2 atom stereocenters. The molecule has 2 fully saturated rings. The van der Waals surface area contributed by atoms with Crippen LogP contribution in [0.1, 0.15) is 32.6 Å². The van der Waals surface area contributed by atoms with Crippen LogP contribution in [0.3, 0.4) is 0 Å². The zero-order valence-corrected chi connectivity index (χ0v) is 11.2. The lowest BCUT2D eigenvalue weighted by molar-refractivity contribution is -0.281. The Bertz CT molecular complexity index is 259. The Kier molecular flexibility index (Phi) is 3.78. The molecule has 1 aliphatic heterocycles. The number of ether oxygens (including phenoxy) is 2. The predicted octanol–water partition coefficient (Wildman–Crippen LogP) is 1.23. The first-order valence-corrected chi connectivity index (χ1v) is 6.56. The molecule has 1 heterocycles. The Hall–Kier alpha value is -0.160. The van der Waals surface area contributed by atoms with E-state index < -0.39 is 11.4 Å². The monoisotopic (exact) mass is 243 g/mol. The molecule has 0 bridgehead atoms. The summed E-state index contributed by atoms with van der Waals surface area (Å²) < 4.78 is 10.7. The minimum atomic E-state index is -0.495. The number of nitrogens with zero attached hydrogens (tertiary/aromatic N) is 1. The number of aliphatic hydroxyl groups is 1. The smallest absolute Gasteiger partial charge is 0.193 e. The van der Waals surface area contributed by atoms with Crippen molar-refractivity contribution in [3.63, 3.8) is 0 Å². The van der Waals surface area contributed by atoms with Gasteiger partial charge in [0.25, 0.3) is 0 Å². The normalized spacial score (nSPS) is 37.8. The van der Waals surface area contributed by atoms with Crippen LogP contribution in [0.4, 0.5) is 0 Å². The SMILES string of the molecule is COC1(OC)CN(CC2(O)CCCC(C)C2)C1. The quantitative estimate of drug-likeness (QED) is 0.754. The Morgan fingerprint density at radius 1 is 1.29 bits per heavy atom. The van der Waals surface area contributed by atoms with Crippen LogP contribution in [0, 0.1) is 5.92 Å². The molecule has 0 aromatic rings. The van der Waals surface area contributed by atoms with E-state index in [-0.39, 0.29) is 0 Å². The molecule has 0 radical (unpaired) electrons. The second-order valence-corrected chi connectivity index (χ2v) is 5.89. The van der Waals surface area contributed by atoms with Crippen LogP contribution in [0.15, 0.2) is 0 Å². The highest BCUT2D eigenvalue weighted by molar-refractivity contribution is 4.95. The number of hydrogen-bond acceptors (Lipinski definition) is 4. The second kappa shape index (κ2) is 4.84.